The summed E-state index contributed by atoms with van der Waals surface area (Å²) in [6.07, 6.45) is 1.02. The Morgan fingerprint density at radius 3 is 1.90 bits per heavy atom. The van der Waals surface area contributed by atoms with Crippen LogP contribution in [-0.2, 0) is 9.84 Å². The van der Waals surface area contributed by atoms with Gasteiger partial charge >= 0.3 is 0 Å². The third kappa shape index (κ3) is 3.64. The van der Waals surface area contributed by atoms with Crippen LogP contribution in [0.3, 0.4) is 0 Å². The molecule has 2 aromatic rings. The molecule has 0 heterocycles. The second-order valence-electron chi connectivity index (χ2n) is 5.12. The molecule has 0 N–H and O–H groups in total. The first-order chi connectivity index (χ1) is 9.93. The van der Waals surface area contributed by atoms with Crippen LogP contribution in [0.25, 0.3) is 0 Å². The first-order valence-electron chi connectivity index (χ1n) is 7.02. The summed E-state index contributed by atoms with van der Waals surface area (Å²) < 4.78 is 30.6. The van der Waals surface area contributed by atoms with E-state index < -0.39 is 9.84 Å². The quantitative estimate of drug-likeness (QED) is 0.838. The summed E-state index contributed by atoms with van der Waals surface area (Å²) >= 11 is 0. The first-order valence-corrected chi connectivity index (χ1v) is 8.50. The standard InChI is InChI=1S/C17H20O3S/c1-4-14(3)20-15-7-11-17(12-8-15)21(18,19)16-9-5-13(2)6-10-16/h5-12,14H,4H2,1-3H3. The smallest absolute Gasteiger partial charge is 0.206 e. The van der Waals surface area contributed by atoms with Gasteiger partial charge in [-0.1, -0.05) is 24.6 Å². The molecule has 0 aliphatic carbocycles. The molecule has 0 radical (unpaired) electrons. The fourth-order valence-electron chi connectivity index (χ4n) is 1.87. The topological polar surface area (TPSA) is 43.4 Å². The van der Waals surface area contributed by atoms with Gasteiger partial charge in [0.05, 0.1) is 15.9 Å². The number of hydrogen-bond donors (Lipinski definition) is 0. The van der Waals surface area contributed by atoms with Crippen LogP contribution >= 0.6 is 0 Å². The molecule has 1 unspecified atom stereocenters. The molecule has 0 aliphatic rings. The van der Waals surface area contributed by atoms with Crippen LogP contribution in [0.4, 0.5) is 0 Å². The lowest BCUT2D eigenvalue weighted by Crippen LogP contribution is -2.09. The average Bonchev–Trinajstić information content (AvgIpc) is 2.48. The summed E-state index contributed by atoms with van der Waals surface area (Å²) in [6.45, 7) is 5.95. The van der Waals surface area contributed by atoms with Crippen LogP contribution in [0.1, 0.15) is 25.8 Å². The van der Waals surface area contributed by atoms with E-state index in [2.05, 4.69) is 0 Å². The summed E-state index contributed by atoms with van der Waals surface area (Å²) in [6, 6.07) is 13.4. The van der Waals surface area contributed by atoms with Crippen LogP contribution in [0.2, 0.25) is 0 Å². The highest BCUT2D eigenvalue weighted by Crippen LogP contribution is 2.24. The van der Waals surface area contributed by atoms with Crippen molar-refractivity contribution in [3.05, 3.63) is 54.1 Å². The van der Waals surface area contributed by atoms with Crippen molar-refractivity contribution in [1.82, 2.24) is 0 Å². The summed E-state index contributed by atoms with van der Waals surface area (Å²) in [4.78, 5) is 0.589. The molecule has 0 aliphatic heterocycles. The minimum absolute atomic E-state index is 0.115. The lowest BCUT2D eigenvalue weighted by Gasteiger charge is -2.13. The van der Waals surface area contributed by atoms with Crippen molar-refractivity contribution in [3.63, 3.8) is 0 Å². The van der Waals surface area contributed by atoms with Gasteiger partial charge in [0, 0.05) is 0 Å². The fourth-order valence-corrected chi connectivity index (χ4v) is 3.13. The van der Waals surface area contributed by atoms with E-state index in [0.29, 0.717) is 10.6 Å². The van der Waals surface area contributed by atoms with E-state index >= 15 is 0 Å². The second-order valence-corrected chi connectivity index (χ2v) is 7.07. The van der Waals surface area contributed by atoms with Crippen LogP contribution < -0.4 is 4.74 Å². The third-order valence-corrected chi connectivity index (χ3v) is 5.16. The Hall–Kier alpha value is -1.81. The highest BCUT2D eigenvalue weighted by Gasteiger charge is 2.17. The molecule has 1 atom stereocenters. The zero-order chi connectivity index (χ0) is 15.5. The summed E-state index contributed by atoms with van der Waals surface area (Å²) in [5.74, 6) is 0.687. The zero-order valence-electron chi connectivity index (χ0n) is 12.5. The van der Waals surface area contributed by atoms with Crippen LogP contribution in [0.5, 0.6) is 5.75 Å². The SMILES string of the molecule is CCC(C)Oc1ccc(S(=O)(=O)c2ccc(C)cc2)cc1. The molecule has 0 aromatic heterocycles. The van der Waals surface area contributed by atoms with Crippen molar-refractivity contribution in [3.8, 4) is 5.75 Å². The van der Waals surface area contributed by atoms with Crippen molar-refractivity contribution < 1.29 is 13.2 Å². The van der Waals surface area contributed by atoms with E-state index in [9.17, 15) is 8.42 Å². The molecule has 0 fully saturated rings. The Bertz CT molecular complexity index is 686. The van der Waals surface area contributed by atoms with Gasteiger partial charge in [-0.3, -0.25) is 0 Å². The van der Waals surface area contributed by atoms with Gasteiger partial charge in [0.15, 0.2) is 0 Å². The predicted octanol–water partition coefficient (Wildman–Crippen LogP) is 4.01. The van der Waals surface area contributed by atoms with E-state index in [0.717, 1.165) is 12.0 Å². The molecule has 0 amide bonds. The Morgan fingerprint density at radius 2 is 1.43 bits per heavy atom. The summed E-state index contributed by atoms with van der Waals surface area (Å²) in [7, 11) is -3.46. The normalized spacial score (nSPS) is 12.9. The number of sulfone groups is 1. The molecular formula is C17H20O3S. The zero-order valence-corrected chi connectivity index (χ0v) is 13.4. The van der Waals surface area contributed by atoms with Gasteiger partial charge in [-0.2, -0.15) is 0 Å². The molecule has 2 rings (SSSR count). The van der Waals surface area contributed by atoms with Gasteiger partial charge in [0.25, 0.3) is 0 Å². The van der Waals surface area contributed by atoms with E-state index in [1.54, 1.807) is 48.5 Å². The maximum absolute atomic E-state index is 12.5. The van der Waals surface area contributed by atoms with Gasteiger partial charge in [-0.05, 0) is 56.7 Å². The molecule has 2 aromatic carbocycles. The van der Waals surface area contributed by atoms with Crippen molar-refractivity contribution in [1.29, 1.82) is 0 Å². The highest BCUT2D eigenvalue weighted by atomic mass is 32.2. The largest absolute Gasteiger partial charge is 0.491 e. The molecule has 4 heteroatoms. The van der Waals surface area contributed by atoms with E-state index in [1.165, 1.54) is 0 Å². The molecule has 0 saturated carbocycles. The van der Waals surface area contributed by atoms with Crippen molar-refractivity contribution in [2.24, 2.45) is 0 Å². The minimum atomic E-state index is -3.46. The number of aryl methyl sites for hydroxylation is 1. The fraction of sp³-hybridized carbons (Fsp3) is 0.294. The Kier molecular flexibility index (Phi) is 4.68. The maximum atomic E-state index is 12.5. The van der Waals surface area contributed by atoms with Crippen LogP contribution in [-0.4, -0.2) is 14.5 Å². The summed E-state index contributed by atoms with van der Waals surface area (Å²) in [5, 5.41) is 0. The van der Waals surface area contributed by atoms with Gasteiger partial charge in [0.1, 0.15) is 5.75 Å². The lowest BCUT2D eigenvalue weighted by molar-refractivity contribution is 0.217. The highest BCUT2D eigenvalue weighted by molar-refractivity contribution is 7.91. The van der Waals surface area contributed by atoms with E-state index in [-0.39, 0.29) is 11.0 Å². The van der Waals surface area contributed by atoms with Gasteiger partial charge in [-0.25, -0.2) is 8.42 Å². The Labute approximate surface area is 126 Å². The molecule has 21 heavy (non-hydrogen) atoms. The van der Waals surface area contributed by atoms with E-state index in [1.807, 2.05) is 20.8 Å². The molecule has 3 nitrogen and oxygen atoms in total. The number of hydrogen-bond acceptors (Lipinski definition) is 3. The van der Waals surface area contributed by atoms with Crippen LogP contribution in [0, 0.1) is 6.92 Å². The number of rotatable bonds is 5. The summed E-state index contributed by atoms with van der Waals surface area (Å²) in [5.41, 5.74) is 1.03. The Balaban J connectivity index is 2.27. The predicted molar refractivity (Wildman–Crippen MR) is 83.5 cm³/mol. The first kappa shape index (κ1) is 15.6. The second kappa shape index (κ2) is 6.31. The lowest BCUT2D eigenvalue weighted by atomic mass is 10.2. The molecule has 0 spiro atoms. The van der Waals surface area contributed by atoms with Crippen molar-refractivity contribution in [2.45, 2.75) is 43.1 Å². The Morgan fingerprint density at radius 1 is 0.952 bits per heavy atom. The molecule has 0 bridgehead atoms. The van der Waals surface area contributed by atoms with E-state index in [4.69, 9.17) is 4.74 Å². The van der Waals surface area contributed by atoms with Gasteiger partial charge in [0.2, 0.25) is 9.84 Å². The molecule has 112 valence electrons. The monoisotopic (exact) mass is 304 g/mol. The van der Waals surface area contributed by atoms with Gasteiger partial charge in [-0.15, -0.1) is 0 Å². The third-order valence-electron chi connectivity index (χ3n) is 3.38. The average molecular weight is 304 g/mol. The number of ether oxygens (including phenoxy) is 1. The van der Waals surface area contributed by atoms with Crippen molar-refractivity contribution in [2.75, 3.05) is 0 Å². The van der Waals surface area contributed by atoms with Gasteiger partial charge < -0.3 is 4.74 Å². The van der Waals surface area contributed by atoms with Crippen molar-refractivity contribution >= 4 is 9.84 Å². The van der Waals surface area contributed by atoms with Crippen LogP contribution in [0.15, 0.2) is 58.3 Å². The molecule has 0 saturated heterocycles. The minimum Gasteiger partial charge on any atom is -0.491 e. The maximum Gasteiger partial charge on any atom is 0.206 e. The molecular weight excluding hydrogens is 284 g/mol. The number of benzene rings is 2.